The van der Waals surface area contributed by atoms with Crippen molar-refractivity contribution in [3.05, 3.63) is 94.5 Å². The van der Waals surface area contributed by atoms with Crippen molar-refractivity contribution in [2.45, 2.75) is 18.5 Å². The molecule has 0 saturated carbocycles. The standard InChI is InChI=1S/C25H12ClF9N2/c26-19-20(13-1-7-16(8-2-13)23(27,28)29)36-22(15-5-11-18(12-6-15)25(33,34)35)37-21(19)14-3-9-17(10-4-14)24(30,31)32/h1-12H. The first-order valence-electron chi connectivity index (χ1n) is 10.2. The molecule has 37 heavy (non-hydrogen) atoms. The van der Waals surface area contributed by atoms with Gasteiger partial charge >= 0.3 is 18.5 Å². The molecule has 0 N–H and O–H groups in total. The molecule has 0 atom stereocenters. The molecule has 4 rings (SSSR count). The minimum atomic E-state index is -4.61. The van der Waals surface area contributed by atoms with Crippen LogP contribution in [0.3, 0.4) is 0 Å². The van der Waals surface area contributed by atoms with Gasteiger partial charge in [-0.1, -0.05) is 48.0 Å². The van der Waals surface area contributed by atoms with Crippen molar-refractivity contribution in [1.29, 1.82) is 0 Å². The lowest BCUT2D eigenvalue weighted by Gasteiger charge is -2.14. The van der Waals surface area contributed by atoms with Crippen molar-refractivity contribution >= 4 is 11.6 Å². The van der Waals surface area contributed by atoms with Crippen molar-refractivity contribution < 1.29 is 39.5 Å². The molecular formula is C25H12ClF9N2. The molecule has 0 radical (unpaired) electrons. The van der Waals surface area contributed by atoms with Gasteiger partial charge in [-0.05, 0) is 36.4 Å². The summed E-state index contributed by atoms with van der Waals surface area (Å²) in [5, 5.41) is -0.171. The van der Waals surface area contributed by atoms with Gasteiger partial charge in [-0.2, -0.15) is 39.5 Å². The topological polar surface area (TPSA) is 25.8 Å². The summed E-state index contributed by atoms with van der Waals surface area (Å²) < 4.78 is 117. The maximum absolute atomic E-state index is 13.0. The summed E-state index contributed by atoms with van der Waals surface area (Å²) >= 11 is 6.46. The monoisotopic (exact) mass is 546 g/mol. The van der Waals surface area contributed by atoms with Crippen molar-refractivity contribution in [3.63, 3.8) is 0 Å². The fourth-order valence-corrected chi connectivity index (χ4v) is 3.70. The number of rotatable bonds is 3. The number of alkyl halides is 9. The van der Waals surface area contributed by atoms with E-state index in [1.165, 1.54) is 0 Å². The Bertz CT molecular complexity index is 1330. The van der Waals surface area contributed by atoms with E-state index in [0.717, 1.165) is 72.8 Å². The highest BCUT2D eigenvalue weighted by Gasteiger charge is 2.32. The van der Waals surface area contributed by atoms with Crippen molar-refractivity contribution in [2.75, 3.05) is 0 Å². The summed E-state index contributed by atoms with van der Waals surface area (Å²) in [5.74, 6) is -0.136. The lowest BCUT2D eigenvalue weighted by atomic mass is 10.0. The highest BCUT2D eigenvalue weighted by Crippen LogP contribution is 2.39. The first-order valence-corrected chi connectivity index (χ1v) is 10.6. The van der Waals surface area contributed by atoms with Crippen LogP contribution in [0.5, 0.6) is 0 Å². The van der Waals surface area contributed by atoms with Crippen LogP contribution in [0.2, 0.25) is 5.02 Å². The van der Waals surface area contributed by atoms with E-state index in [0.29, 0.717) is 0 Å². The molecule has 1 aromatic heterocycles. The van der Waals surface area contributed by atoms with Crippen molar-refractivity contribution in [1.82, 2.24) is 9.97 Å². The Hall–Kier alpha value is -3.60. The molecular weight excluding hydrogens is 535 g/mol. The molecule has 3 aromatic carbocycles. The second-order valence-corrected chi connectivity index (χ2v) is 8.16. The normalized spacial score (nSPS) is 12.6. The molecule has 4 aromatic rings. The molecule has 0 aliphatic carbocycles. The SMILES string of the molecule is FC(F)(F)c1ccc(-c2nc(-c3ccc(C(F)(F)F)cc3)c(Cl)c(-c3ccc(C(F)(F)F)cc3)n2)cc1. The third-order valence-electron chi connectivity index (χ3n) is 5.29. The van der Waals surface area contributed by atoms with Gasteiger partial charge < -0.3 is 0 Å². The lowest BCUT2D eigenvalue weighted by Crippen LogP contribution is -2.05. The van der Waals surface area contributed by atoms with E-state index < -0.39 is 35.2 Å². The molecule has 0 unspecified atom stereocenters. The molecule has 0 bridgehead atoms. The number of hydrogen-bond acceptors (Lipinski definition) is 2. The van der Waals surface area contributed by atoms with Gasteiger partial charge in [0.15, 0.2) is 5.82 Å². The van der Waals surface area contributed by atoms with Crippen LogP contribution in [0.25, 0.3) is 33.9 Å². The van der Waals surface area contributed by atoms with Crippen LogP contribution in [0, 0.1) is 0 Å². The molecule has 192 valence electrons. The summed E-state index contributed by atoms with van der Waals surface area (Å²) in [7, 11) is 0. The third-order valence-corrected chi connectivity index (χ3v) is 5.65. The molecule has 12 heteroatoms. The predicted molar refractivity (Wildman–Crippen MR) is 118 cm³/mol. The van der Waals surface area contributed by atoms with E-state index in [2.05, 4.69) is 9.97 Å². The number of aromatic nitrogens is 2. The van der Waals surface area contributed by atoms with Crippen LogP contribution in [-0.4, -0.2) is 9.97 Å². The Labute approximate surface area is 208 Å². The molecule has 0 aliphatic heterocycles. The highest BCUT2D eigenvalue weighted by molar-refractivity contribution is 6.35. The minimum absolute atomic E-state index is 0.0600. The van der Waals surface area contributed by atoms with E-state index in [4.69, 9.17) is 11.6 Å². The van der Waals surface area contributed by atoms with E-state index in [1.54, 1.807) is 0 Å². The van der Waals surface area contributed by atoms with Crippen LogP contribution in [-0.2, 0) is 18.5 Å². The van der Waals surface area contributed by atoms with Gasteiger partial charge in [0.05, 0.1) is 33.1 Å². The van der Waals surface area contributed by atoms with Crippen molar-refractivity contribution in [2.24, 2.45) is 0 Å². The average molecular weight is 547 g/mol. The molecule has 0 saturated heterocycles. The van der Waals surface area contributed by atoms with Crippen LogP contribution >= 0.6 is 11.6 Å². The maximum Gasteiger partial charge on any atom is 0.416 e. The lowest BCUT2D eigenvalue weighted by molar-refractivity contribution is -0.138. The summed E-state index contributed by atoms with van der Waals surface area (Å²) in [6, 6.07) is 11.4. The fourth-order valence-electron chi connectivity index (χ4n) is 3.40. The third kappa shape index (κ3) is 5.71. The molecule has 2 nitrogen and oxygen atoms in total. The Morgan fingerprint density at radius 2 is 0.703 bits per heavy atom. The van der Waals surface area contributed by atoms with Crippen LogP contribution in [0.4, 0.5) is 39.5 Å². The first-order chi connectivity index (χ1) is 17.1. The van der Waals surface area contributed by atoms with Crippen LogP contribution in [0.15, 0.2) is 72.8 Å². The van der Waals surface area contributed by atoms with E-state index >= 15 is 0 Å². The zero-order valence-corrected chi connectivity index (χ0v) is 18.9. The van der Waals surface area contributed by atoms with Gasteiger partial charge in [0, 0.05) is 16.7 Å². The first kappa shape index (κ1) is 26.5. The molecule has 1 heterocycles. The van der Waals surface area contributed by atoms with Gasteiger partial charge in [0.1, 0.15) is 0 Å². The zero-order chi connectivity index (χ0) is 27.2. The summed E-state index contributed by atoms with van der Waals surface area (Å²) in [5.41, 5.74) is -2.56. The Kier molecular flexibility index (Phi) is 6.70. The number of halogens is 10. The van der Waals surface area contributed by atoms with E-state index in [-0.39, 0.29) is 38.9 Å². The fraction of sp³-hybridized carbons (Fsp3) is 0.120. The number of hydrogen-bond donors (Lipinski definition) is 0. The molecule has 0 fully saturated rings. The number of nitrogens with zero attached hydrogens (tertiary/aromatic N) is 2. The number of benzene rings is 3. The van der Waals surface area contributed by atoms with Crippen LogP contribution < -0.4 is 0 Å². The average Bonchev–Trinajstić information content (AvgIpc) is 2.83. The summed E-state index contributed by atoms with van der Waals surface area (Å²) in [4.78, 5) is 8.51. The minimum Gasteiger partial charge on any atom is -0.226 e. The summed E-state index contributed by atoms with van der Waals surface area (Å²) in [6.07, 6.45) is -13.8. The maximum atomic E-state index is 13.0. The van der Waals surface area contributed by atoms with Gasteiger partial charge in [0.25, 0.3) is 0 Å². The Morgan fingerprint density at radius 1 is 0.432 bits per heavy atom. The van der Waals surface area contributed by atoms with Gasteiger partial charge in [-0.3, -0.25) is 0 Å². The Balaban J connectivity index is 1.88. The second-order valence-electron chi connectivity index (χ2n) is 7.78. The smallest absolute Gasteiger partial charge is 0.226 e. The Morgan fingerprint density at radius 3 is 0.973 bits per heavy atom. The zero-order valence-electron chi connectivity index (χ0n) is 18.1. The van der Waals surface area contributed by atoms with E-state index in [9.17, 15) is 39.5 Å². The predicted octanol–water partition coefficient (Wildman–Crippen LogP) is 9.19. The quantitative estimate of drug-likeness (QED) is 0.239. The van der Waals surface area contributed by atoms with E-state index in [1.807, 2.05) is 0 Å². The van der Waals surface area contributed by atoms with Crippen LogP contribution in [0.1, 0.15) is 16.7 Å². The van der Waals surface area contributed by atoms with Gasteiger partial charge in [-0.25, -0.2) is 9.97 Å². The largest absolute Gasteiger partial charge is 0.416 e. The molecule has 0 amide bonds. The van der Waals surface area contributed by atoms with Gasteiger partial charge in [0.2, 0.25) is 0 Å². The summed E-state index contributed by atoms with van der Waals surface area (Å²) in [6.45, 7) is 0. The highest BCUT2D eigenvalue weighted by atomic mass is 35.5. The van der Waals surface area contributed by atoms with Gasteiger partial charge in [-0.15, -0.1) is 0 Å². The molecule has 0 aliphatic rings. The molecule has 0 spiro atoms. The second kappa shape index (κ2) is 9.37. The van der Waals surface area contributed by atoms with Crippen molar-refractivity contribution in [3.8, 4) is 33.9 Å².